The second-order valence-electron chi connectivity index (χ2n) is 8.93. The molecule has 0 bridgehead atoms. The Morgan fingerprint density at radius 2 is 1.42 bits per heavy atom. The highest BCUT2D eigenvalue weighted by Gasteiger charge is 2.34. The van der Waals surface area contributed by atoms with Crippen molar-refractivity contribution in [3.63, 3.8) is 0 Å². The highest BCUT2D eigenvalue weighted by molar-refractivity contribution is 7.93. The quantitative estimate of drug-likeness (QED) is 0.403. The second kappa shape index (κ2) is 9.53. The van der Waals surface area contributed by atoms with Gasteiger partial charge in [-0.15, -0.1) is 0 Å². The Morgan fingerprint density at radius 1 is 0.758 bits per heavy atom. The zero-order valence-corrected chi connectivity index (χ0v) is 20.4. The van der Waals surface area contributed by atoms with Crippen molar-refractivity contribution in [3.05, 3.63) is 65.7 Å². The molecule has 2 aliphatic rings. The molecule has 5 nitrogen and oxygen atoms in total. The molecule has 2 heterocycles. The molecule has 174 valence electrons. The summed E-state index contributed by atoms with van der Waals surface area (Å²) in [7, 11) is -3.43. The Bertz CT molecular complexity index is 1220. The van der Waals surface area contributed by atoms with E-state index in [4.69, 9.17) is 11.6 Å². The van der Waals surface area contributed by atoms with E-state index in [2.05, 4.69) is 21.9 Å². The molecule has 0 aliphatic carbocycles. The van der Waals surface area contributed by atoms with Crippen molar-refractivity contribution in [2.45, 2.75) is 30.6 Å². The van der Waals surface area contributed by atoms with Crippen LogP contribution in [0.25, 0.3) is 10.8 Å². The first-order valence-electron chi connectivity index (χ1n) is 11.8. The van der Waals surface area contributed by atoms with Crippen LogP contribution in [0.5, 0.6) is 0 Å². The molecule has 0 amide bonds. The van der Waals surface area contributed by atoms with E-state index in [0.29, 0.717) is 11.4 Å². The van der Waals surface area contributed by atoms with Crippen LogP contribution in [0.2, 0.25) is 5.02 Å². The minimum Gasteiger partial charge on any atom is -0.369 e. The van der Waals surface area contributed by atoms with E-state index in [1.54, 1.807) is 10.4 Å². The molecule has 0 unspecified atom stereocenters. The molecule has 0 atom stereocenters. The predicted octanol–water partition coefficient (Wildman–Crippen LogP) is 5.38. The van der Waals surface area contributed by atoms with E-state index < -0.39 is 10.0 Å². The summed E-state index contributed by atoms with van der Waals surface area (Å²) in [4.78, 5) is 5.41. The van der Waals surface area contributed by atoms with E-state index in [9.17, 15) is 8.42 Å². The van der Waals surface area contributed by atoms with Crippen LogP contribution in [0.15, 0.2) is 65.6 Å². The Labute approximate surface area is 201 Å². The van der Waals surface area contributed by atoms with Crippen molar-refractivity contribution in [2.24, 2.45) is 0 Å². The minimum absolute atomic E-state index is 0.452. The third kappa shape index (κ3) is 4.57. The van der Waals surface area contributed by atoms with Gasteiger partial charge in [0.25, 0.3) is 10.0 Å². The van der Waals surface area contributed by atoms with E-state index in [1.807, 2.05) is 42.5 Å². The summed E-state index contributed by atoms with van der Waals surface area (Å²) in [6.45, 7) is 5.91. The molecule has 0 spiro atoms. The molecule has 1 fully saturated rings. The smallest absolute Gasteiger partial charge is 0.265 e. The van der Waals surface area contributed by atoms with Gasteiger partial charge in [-0.25, -0.2) is 8.42 Å². The van der Waals surface area contributed by atoms with Crippen molar-refractivity contribution >= 4 is 43.8 Å². The van der Waals surface area contributed by atoms with E-state index in [-0.39, 0.29) is 0 Å². The van der Waals surface area contributed by atoms with Crippen LogP contribution < -0.4 is 9.21 Å². The molecule has 2 aliphatic heterocycles. The molecule has 33 heavy (non-hydrogen) atoms. The zero-order valence-electron chi connectivity index (χ0n) is 18.8. The number of sulfonamides is 1. The molecular weight excluding hydrogens is 454 g/mol. The summed E-state index contributed by atoms with van der Waals surface area (Å²) in [5.41, 5.74) is 2.08. The standard InChI is InChI=1S/C26H30ClN3O2S/c27-22-11-13-23(14-12-22)29-19-17-28(18-20-29)15-3-1-2-4-16-30-24-9-5-7-21-8-6-10-25(26(21)24)33(30,31)32/h5-14H,1-4,15-20H2. The van der Waals surface area contributed by atoms with Crippen molar-refractivity contribution in [1.82, 2.24) is 4.90 Å². The predicted molar refractivity (Wildman–Crippen MR) is 137 cm³/mol. The largest absolute Gasteiger partial charge is 0.369 e. The van der Waals surface area contributed by atoms with Gasteiger partial charge in [0.15, 0.2) is 0 Å². The summed E-state index contributed by atoms with van der Waals surface area (Å²) < 4.78 is 27.7. The molecule has 7 heteroatoms. The Hall–Kier alpha value is -2.28. The number of unbranched alkanes of at least 4 members (excludes halogenated alkanes) is 3. The first-order chi connectivity index (χ1) is 16.0. The number of hydrogen-bond donors (Lipinski definition) is 0. The van der Waals surface area contributed by atoms with Gasteiger partial charge >= 0.3 is 0 Å². The van der Waals surface area contributed by atoms with Gasteiger partial charge in [-0.2, -0.15) is 0 Å². The van der Waals surface area contributed by atoms with E-state index in [1.165, 1.54) is 5.69 Å². The number of rotatable bonds is 8. The Morgan fingerprint density at radius 3 is 2.15 bits per heavy atom. The van der Waals surface area contributed by atoms with Crippen molar-refractivity contribution < 1.29 is 8.42 Å². The first-order valence-corrected chi connectivity index (χ1v) is 13.6. The van der Waals surface area contributed by atoms with Gasteiger partial charge in [0.2, 0.25) is 0 Å². The minimum atomic E-state index is -3.43. The molecule has 1 saturated heterocycles. The highest BCUT2D eigenvalue weighted by Crippen LogP contribution is 2.42. The van der Waals surface area contributed by atoms with Gasteiger partial charge in [0.05, 0.1) is 10.6 Å². The monoisotopic (exact) mass is 483 g/mol. The van der Waals surface area contributed by atoms with Crippen LogP contribution in [-0.4, -0.2) is 52.6 Å². The normalized spacial score (nSPS) is 17.7. The van der Waals surface area contributed by atoms with Crippen LogP contribution in [0.3, 0.4) is 0 Å². The lowest BCUT2D eigenvalue weighted by atomic mass is 10.1. The van der Waals surface area contributed by atoms with Crippen LogP contribution in [-0.2, 0) is 10.0 Å². The number of anilines is 2. The maximum atomic E-state index is 13.0. The van der Waals surface area contributed by atoms with Crippen LogP contribution in [0, 0.1) is 0 Å². The lowest BCUT2D eigenvalue weighted by Gasteiger charge is -2.36. The molecular formula is C26H30ClN3O2S. The zero-order chi connectivity index (χ0) is 22.8. The maximum Gasteiger partial charge on any atom is 0.265 e. The number of hydrogen-bond acceptors (Lipinski definition) is 4. The molecule has 0 radical (unpaired) electrons. The molecule has 0 aromatic heterocycles. The van der Waals surface area contributed by atoms with Gasteiger partial charge in [0.1, 0.15) is 0 Å². The number of benzene rings is 3. The highest BCUT2D eigenvalue weighted by atomic mass is 35.5. The summed E-state index contributed by atoms with van der Waals surface area (Å²) in [5.74, 6) is 0. The summed E-state index contributed by atoms with van der Waals surface area (Å²) in [5, 5.41) is 2.64. The molecule has 5 rings (SSSR count). The molecule has 3 aromatic carbocycles. The lowest BCUT2D eigenvalue weighted by molar-refractivity contribution is 0.252. The maximum absolute atomic E-state index is 13.0. The van der Waals surface area contributed by atoms with Gasteiger partial charge in [-0.05, 0) is 61.2 Å². The van der Waals surface area contributed by atoms with Crippen molar-refractivity contribution in [3.8, 4) is 0 Å². The summed E-state index contributed by atoms with van der Waals surface area (Å²) >= 11 is 6.00. The molecule has 0 N–H and O–H groups in total. The SMILES string of the molecule is O=S1(=O)c2cccc3cccc(c23)N1CCCCCCN1CCN(c2ccc(Cl)cc2)CC1. The van der Waals surface area contributed by atoms with Crippen LogP contribution in [0.4, 0.5) is 11.4 Å². The topological polar surface area (TPSA) is 43.9 Å². The number of piperazine rings is 1. The molecule has 0 saturated carbocycles. The summed E-state index contributed by atoms with van der Waals surface area (Å²) in [6, 6.07) is 19.5. The van der Waals surface area contributed by atoms with Gasteiger partial charge in [-0.1, -0.05) is 48.7 Å². The average Bonchev–Trinajstić information content (AvgIpc) is 3.05. The van der Waals surface area contributed by atoms with Gasteiger partial charge in [0, 0.05) is 48.8 Å². The molecule has 3 aromatic rings. The van der Waals surface area contributed by atoms with Gasteiger partial charge in [-0.3, -0.25) is 9.21 Å². The van der Waals surface area contributed by atoms with E-state index >= 15 is 0 Å². The van der Waals surface area contributed by atoms with Crippen molar-refractivity contribution in [1.29, 1.82) is 0 Å². The third-order valence-corrected chi connectivity index (χ3v) is 8.94. The fourth-order valence-corrected chi connectivity index (χ4v) is 6.90. The average molecular weight is 484 g/mol. The second-order valence-corrected chi connectivity index (χ2v) is 11.2. The van der Waals surface area contributed by atoms with E-state index in [0.717, 1.165) is 79.9 Å². The fourth-order valence-electron chi connectivity index (χ4n) is 5.02. The van der Waals surface area contributed by atoms with Gasteiger partial charge < -0.3 is 4.90 Å². The van der Waals surface area contributed by atoms with Crippen LogP contribution in [0.1, 0.15) is 25.7 Å². The number of halogens is 1. The number of nitrogens with zero attached hydrogens (tertiary/aromatic N) is 3. The van der Waals surface area contributed by atoms with Crippen LogP contribution >= 0.6 is 11.6 Å². The first kappa shape index (κ1) is 22.5. The Kier molecular flexibility index (Phi) is 6.50. The van der Waals surface area contributed by atoms with Crippen molar-refractivity contribution in [2.75, 3.05) is 48.5 Å². The summed E-state index contributed by atoms with van der Waals surface area (Å²) in [6.07, 6.45) is 4.21. The third-order valence-electron chi connectivity index (χ3n) is 6.83. The fraction of sp³-hybridized carbons (Fsp3) is 0.385. The Balaban J connectivity index is 1.05. The lowest BCUT2D eigenvalue weighted by Crippen LogP contribution is -2.46.